The Labute approximate surface area is 263 Å². The van der Waals surface area contributed by atoms with Gasteiger partial charge in [0.1, 0.15) is 23.9 Å². The molecule has 1 N–H and O–H groups in total. The highest BCUT2D eigenvalue weighted by molar-refractivity contribution is 7.91. The van der Waals surface area contributed by atoms with Crippen molar-refractivity contribution >= 4 is 31.3 Å². The molecule has 6 nitrogen and oxygen atoms in total. The van der Waals surface area contributed by atoms with Crippen LogP contribution in [0.1, 0.15) is 38.2 Å². The molecular weight excluding hydrogens is 591 g/mol. The number of nitrogens with one attached hydrogen (secondary N) is 1. The van der Waals surface area contributed by atoms with Crippen LogP contribution in [-0.4, -0.2) is 33.4 Å². The Morgan fingerprint density at radius 3 is 2.32 bits per heavy atom. The van der Waals surface area contributed by atoms with Crippen LogP contribution in [-0.2, 0) is 16.4 Å². The summed E-state index contributed by atoms with van der Waals surface area (Å²) in [5.74, 6) is 3.07. The van der Waals surface area contributed by atoms with Gasteiger partial charge in [-0.1, -0.05) is 55.8 Å². The van der Waals surface area contributed by atoms with Crippen molar-refractivity contribution in [3.8, 4) is 33.4 Å². The summed E-state index contributed by atoms with van der Waals surface area (Å²) in [6.07, 6.45) is 4.75. The fourth-order valence-corrected chi connectivity index (χ4v) is 7.41. The molecule has 0 aliphatic carbocycles. The number of piperidine rings is 1. The molecule has 44 heavy (non-hydrogen) atoms. The Hall–Kier alpha value is -3.85. The van der Waals surface area contributed by atoms with Crippen LogP contribution in [0.3, 0.4) is 0 Å². The molecule has 1 aliphatic rings. The van der Waals surface area contributed by atoms with E-state index in [0.29, 0.717) is 29.9 Å². The zero-order chi connectivity index (χ0) is 30.4. The molecule has 5 aromatic rings. The molecule has 0 bridgehead atoms. The Kier molecular flexibility index (Phi) is 9.50. The average molecular weight is 628 g/mol. The summed E-state index contributed by atoms with van der Waals surface area (Å²) in [7, 11) is -3.29. The Balaban J connectivity index is 1.24. The van der Waals surface area contributed by atoms with E-state index in [2.05, 4.69) is 5.32 Å². The molecule has 1 aromatic heterocycles. The molecule has 1 saturated heterocycles. The SMILES string of the molecule is CCS(=O)(=O)c1ccc(-c2sc3cc(OCc4ccccc4)ccc3c2Oc2ccc(OCCC3CCCCN3)cc2)cc1. The second kappa shape index (κ2) is 13.8. The number of hydrogen-bond donors (Lipinski definition) is 1. The maximum absolute atomic E-state index is 12.4. The van der Waals surface area contributed by atoms with Crippen LogP contribution in [0.25, 0.3) is 20.5 Å². The lowest BCUT2D eigenvalue weighted by Gasteiger charge is -2.23. The molecule has 0 radical (unpaired) electrons. The molecule has 6 rings (SSSR count). The molecule has 8 heteroatoms. The summed E-state index contributed by atoms with van der Waals surface area (Å²) in [5, 5.41) is 4.53. The molecule has 4 aromatic carbocycles. The maximum atomic E-state index is 12.4. The van der Waals surface area contributed by atoms with Crippen molar-refractivity contribution in [1.82, 2.24) is 5.32 Å². The molecule has 0 amide bonds. The fraction of sp³-hybridized carbons (Fsp3) is 0.278. The van der Waals surface area contributed by atoms with Gasteiger partial charge in [0.05, 0.1) is 22.1 Å². The first-order valence-electron chi connectivity index (χ1n) is 15.2. The van der Waals surface area contributed by atoms with Crippen molar-refractivity contribution in [2.45, 2.75) is 50.2 Å². The van der Waals surface area contributed by atoms with Gasteiger partial charge < -0.3 is 19.5 Å². The summed E-state index contributed by atoms with van der Waals surface area (Å²) in [5.41, 5.74) is 1.99. The zero-order valence-electron chi connectivity index (χ0n) is 24.8. The van der Waals surface area contributed by atoms with E-state index in [4.69, 9.17) is 14.2 Å². The summed E-state index contributed by atoms with van der Waals surface area (Å²) in [4.78, 5) is 1.24. The van der Waals surface area contributed by atoms with Gasteiger partial charge >= 0.3 is 0 Å². The predicted octanol–water partition coefficient (Wildman–Crippen LogP) is 8.64. The summed E-state index contributed by atoms with van der Waals surface area (Å²) in [6, 6.07) is 31.4. The Bertz CT molecular complexity index is 1780. The summed E-state index contributed by atoms with van der Waals surface area (Å²) < 4.78 is 44.5. The van der Waals surface area contributed by atoms with Crippen LogP contribution < -0.4 is 19.5 Å². The van der Waals surface area contributed by atoms with Crippen LogP contribution in [0.15, 0.2) is 102 Å². The Morgan fingerprint density at radius 1 is 0.841 bits per heavy atom. The van der Waals surface area contributed by atoms with Gasteiger partial charge in [0.25, 0.3) is 0 Å². The van der Waals surface area contributed by atoms with Gasteiger partial charge in [-0.05, 0) is 91.5 Å². The zero-order valence-corrected chi connectivity index (χ0v) is 26.5. The third-order valence-electron chi connectivity index (χ3n) is 7.91. The molecule has 1 fully saturated rings. The van der Waals surface area contributed by atoms with E-state index in [-0.39, 0.29) is 5.75 Å². The fourth-order valence-electron chi connectivity index (χ4n) is 5.37. The van der Waals surface area contributed by atoms with Crippen molar-refractivity contribution in [3.63, 3.8) is 0 Å². The van der Waals surface area contributed by atoms with Crippen LogP contribution >= 0.6 is 11.3 Å². The van der Waals surface area contributed by atoms with E-state index in [0.717, 1.165) is 56.3 Å². The second-order valence-corrected chi connectivity index (χ2v) is 14.3. The van der Waals surface area contributed by atoms with Crippen molar-refractivity contribution in [3.05, 3.63) is 103 Å². The van der Waals surface area contributed by atoms with Crippen LogP contribution in [0, 0.1) is 0 Å². The largest absolute Gasteiger partial charge is 0.494 e. The molecule has 0 spiro atoms. The minimum atomic E-state index is -3.29. The molecule has 2 heterocycles. The van der Waals surface area contributed by atoms with E-state index < -0.39 is 9.84 Å². The van der Waals surface area contributed by atoms with Gasteiger partial charge in [0, 0.05) is 16.1 Å². The highest BCUT2D eigenvalue weighted by atomic mass is 32.2. The summed E-state index contributed by atoms with van der Waals surface area (Å²) in [6.45, 7) is 3.91. The number of rotatable bonds is 12. The molecular formula is C36H37NO5S2. The van der Waals surface area contributed by atoms with Gasteiger partial charge in [0.2, 0.25) is 0 Å². The Morgan fingerprint density at radius 2 is 1.59 bits per heavy atom. The lowest BCUT2D eigenvalue weighted by atomic mass is 10.0. The second-order valence-electron chi connectivity index (χ2n) is 11.0. The quantitative estimate of drug-likeness (QED) is 0.149. The van der Waals surface area contributed by atoms with Crippen LogP contribution in [0.5, 0.6) is 23.0 Å². The van der Waals surface area contributed by atoms with Gasteiger partial charge in [-0.3, -0.25) is 0 Å². The topological polar surface area (TPSA) is 73.9 Å². The van der Waals surface area contributed by atoms with E-state index in [9.17, 15) is 8.42 Å². The first kappa shape index (κ1) is 30.2. The molecule has 228 valence electrons. The predicted molar refractivity (Wildman–Crippen MR) is 178 cm³/mol. The third kappa shape index (κ3) is 7.26. The number of hydrogen-bond acceptors (Lipinski definition) is 7. The normalized spacial score (nSPS) is 15.2. The first-order chi connectivity index (χ1) is 21.5. The van der Waals surface area contributed by atoms with Gasteiger partial charge in [-0.25, -0.2) is 8.42 Å². The molecule has 1 unspecified atom stereocenters. The van der Waals surface area contributed by atoms with E-state index in [1.54, 1.807) is 30.4 Å². The average Bonchev–Trinajstić information content (AvgIpc) is 3.43. The van der Waals surface area contributed by atoms with Crippen LogP contribution in [0.4, 0.5) is 0 Å². The van der Waals surface area contributed by atoms with E-state index >= 15 is 0 Å². The van der Waals surface area contributed by atoms with Crippen molar-refractivity contribution in [2.24, 2.45) is 0 Å². The number of benzene rings is 4. The highest BCUT2D eigenvalue weighted by Gasteiger charge is 2.19. The number of fused-ring (bicyclic) bond motifs is 1. The van der Waals surface area contributed by atoms with Crippen molar-refractivity contribution < 1.29 is 22.6 Å². The molecule has 1 atom stereocenters. The minimum absolute atomic E-state index is 0.0620. The van der Waals surface area contributed by atoms with E-state index in [1.165, 1.54) is 19.3 Å². The first-order valence-corrected chi connectivity index (χ1v) is 17.7. The number of sulfone groups is 1. The molecule has 0 saturated carbocycles. The van der Waals surface area contributed by atoms with Gasteiger partial charge in [-0.15, -0.1) is 11.3 Å². The smallest absolute Gasteiger partial charge is 0.178 e. The minimum Gasteiger partial charge on any atom is -0.494 e. The standard InChI is InChI=1S/C36H37NO5S2/c1-2-44(38,39)32-18-11-27(12-19-32)36-35(33-20-17-31(24-34(33)43-36)41-25-26-8-4-3-5-9-26)42-30-15-13-29(14-16-30)40-23-21-28-10-6-7-22-37-28/h3-5,8-9,11-20,24,28,37H,2,6-7,10,21-23,25H2,1H3. The number of thiophene rings is 1. The monoisotopic (exact) mass is 627 g/mol. The van der Waals surface area contributed by atoms with E-state index in [1.807, 2.05) is 84.9 Å². The molecule has 1 aliphatic heterocycles. The highest BCUT2D eigenvalue weighted by Crippen LogP contribution is 2.47. The maximum Gasteiger partial charge on any atom is 0.178 e. The van der Waals surface area contributed by atoms with Crippen LogP contribution in [0.2, 0.25) is 0 Å². The lowest BCUT2D eigenvalue weighted by molar-refractivity contribution is 0.268. The number of ether oxygens (including phenoxy) is 3. The lowest BCUT2D eigenvalue weighted by Crippen LogP contribution is -2.35. The third-order valence-corrected chi connectivity index (χ3v) is 10.8. The van der Waals surface area contributed by atoms with Crippen molar-refractivity contribution in [2.75, 3.05) is 18.9 Å². The van der Waals surface area contributed by atoms with Crippen molar-refractivity contribution in [1.29, 1.82) is 0 Å². The summed E-state index contributed by atoms with van der Waals surface area (Å²) >= 11 is 1.59. The van der Waals surface area contributed by atoms with Gasteiger partial charge in [0.15, 0.2) is 15.6 Å². The van der Waals surface area contributed by atoms with Gasteiger partial charge in [-0.2, -0.15) is 0 Å².